The number of fused-ring (bicyclic) bond motifs is 1. The Labute approximate surface area is 196 Å². The van der Waals surface area contributed by atoms with Crippen molar-refractivity contribution in [3.63, 3.8) is 0 Å². The molecule has 1 heterocycles. The van der Waals surface area contributed by atoms with Gasteiger partial charge in [-0.2, -0.15) is 0 Å². The summed E-state index contributed by atoms with van der Waals surface area (Å²) in [5.41, 5.74) is 3.83. The second-order valence-corrected chi connectivity index (χ2v) is 10.6. The highest BCUT2D eigenvalue weighted by molar-refractivity contribution is 5.82. The van der Waals surface area contributed by atoms with Gasteiger partial charge in [-0.1, -0.05) is 26.8 Å². The molecule has 0 saturated heterocycles. The summed E-state index contributed by atoms with van der Waals surface area (Å²) in [5.74, 6) is 1.43. The van der Waals surface area contributed by atoms with Crippen LogP contribution >= 0.6 is 0 Å². The zero-order chi connectivity index (χ0) is 23.8. The Balaban J connectivity index is 1.73. The Kier molecular flexibility index (Phi) is 6.37. The third-order valence-corrected chi connectivity index (χ3v) is 6.32. The van der Waals surface area contributed by atoms with E-state index in [4.69, 9.17) is 9.72 Å². The molecule has 1 aliphatic carbocycles. The molecule has 2 N–H and O–H groups in total. The summed E-state index contributed by atoms with van der Waals surface area (Å²) in [6.07, 6.45) is 3.52. The second kappa shape index (κ2) is 9.08. The van der Waals surface area contributed by atoms with E-state index in [9.17, 15) is 9.90 Å². The van der Waals surface area contributed by atoms with Crippen molar-refractivity contribution in [3.8, 4) is 5.75 Å². The molecule has 176 valence electrons. The number of aromatic nitrogens is 2. The molecule has 1 fully saturated rings. The number of carbonyl (C=O) groups is 1. The smallest absolute Gasteiger partial charge is 0.307 e. The van der Waals surface area contributed by atoms with Crippen molar-refractivity contribution in [3.05, 3.63) is 48.0 Å². The van der Waals surface area contributed by atoms with Crippen molar-refractivity contribution in [2.45, 2.75) is 72.4 Å². The second-order valence-electron chi connectivity index (χ2n) is 10.6. The molecule has 4 rings (SSSR count). The summed E-state index contributed by atoms with van der Waals surface area (Å²) in [6.45, 7) is 11.1. The normalized spacial score (nSPS) is 20.2. The van der Waals surface area contributed by atoms with Gasteiger partial charge in [-0.05, 0) is 86.4 Å². The summed E-state index contributed by atoms with van der Waals surface area (Å²) in [5, 5.41) is 12.7. The van der Waals surface area contributed by atoms with Gasteiger partial charge in [0.05, 0.1) is 23.6 Å². The maximum atomic E-state index is 11.2. The first-order chi connectivity index (χ1) is 15.6. The average Bonchev–Trinajstić information content (AvgIpc) is 3.04. The topological polar surface area (TPSA) is 76.4 Å². The molecule has 0 unspecified atom stereocenters. The Bertz CT molecular complexity index is 1130. The first-order valence-electron chi connectivity index (χ1n) is 11.9. The van der Waals surface area contributed by atoms with Crippen LogP contribution in [0, 0.1) is 11.3 Å². The zero-order valence-electron chi connectivity index (χ0n) is 20.3. The highest BCUT2D eigenvalue weighted by atomic mass is 16.5. The maximum Gasteiger partial charge on any atom is 0.307 e. The van der Waals surface area contributed by atoms with Crippen LogP contribution in [0.4, 0.5) is 11.6 Å². The number of benzene rings is 2. The van der Waals surface area contributed by atoms with Gasteiger partial charge in [-0.15, -0.1) is 0 Å². The van der Waals surface area contributed by atoms with Crippen LogP contribution in [0.5, 0.6) is 5.75 Å². The van der Waals surface area contributed by atoms with Gasteiger partial charge in [-0.25, -0.2) is 4.98 Å². The number of rotatable bonds is 7. The molecular formula is C27H35N3O3. The number of anilines is 2. The van der Waals surface area contributed by atoms with E-state index in [0.717, 1.165) is 46.8 Å². The van der Waals surface area contributed by atoms with Crippen LogP contribution in [0.25, 0.3) is 11.0 Å². The first kappa shape index (κ1) is 23.1. The van der Waals surface area contributed by atoms with Gasteiger partial charge in [0.25, 0.3) is 0 Å². The molecule has 1 aromatic heterocycles. The summed E-state index contributed by atoms with van der Waals surface area (Å²) in [7, 11) is 0. The van der Waals surface area contributed by atoms with E-state index in [0.29, 0.717) is 12.0 Å². The standard InChI is InChI=1S/C27H35N3O3/c1-17(2)33-22-9-7-20(8-10-22)28-26-29-23-13-19(14-25(31)32)6-11-24(23)30(26)21-12-18(3)15-27(4,5)16-21/h6-11,13,17-18,21H,12,14-16H2,1-5H3,(H,28,29)(H,31,32)/t18-,21+/m1/s1. The highest BCUT2D eigenvalue weighted by Gasteiger charge is 2.34. The van der Waals surface area contributed by atoms with Crippen molar-refractivity contribution in [1.82, 2.24) is 9.55 Å². The summed E-state index contributed by atoms with van der Waals surface area (Å²) in [4.78, 5) is 16.1. The molecule has 3 aromatic rings. The first-order valence-corrected chi connectivity index (χ1v) is 11.9. The third-order valence-electron chi connectivity index (χ3n) is 6.32. The van der Waals surface area contributed by atoms with Gasteiger partial charge in [0, 0.05) is 11.7 Å². The summed E-state index contributed by atoms with van der Waals surface area (Å²) < 4.78 is 8.10. The van der Waals surface area contributed by atoms with Gasteiger partial charge in [0.15, 0.2) is 0 Å². The van der Waals surface area contributed by atoms with Gasteiger partial charge in [0.2, 0.25) is 5.95 Å². The Morgan fingerprint density at radius 1 is 1.21 bits per heavy atom. The van der Waals surface area contributed by atoms with Crippen LogP contribution in [0.1, 0.15) is 65.5 Å². The van der Waals surface area contributed by atoms with Crippen molar-refractivity contribution < 1.29 is 14.6 Å². The third kappa shape index (κ3) is 5.49. The fraction of sp³-hybridized carbons (Fsp3) is 0.481. The number of aliphatic carboxylic acids is 1. The quantitative estimate of drug-likeness (QED) is 0.426. The molecule has 33 heavy (non-hydrogen) atoms. The van der Waals surface area contributed by atoms with Gasteiger partial charge < -0.3 is 19.7 Å². The average molecular weight is 450 g/mol. The van der Waals surface area contributed by atoms with Crippen molar-refractivity contribution in [1.29, 1.82) is 0 Å². The van der Waals surface area contributed by atoms with Gasteiger partial charge in [0.1, 0.15) is 5.75 Å². The summed E-state index contributed by atoms with van der Waals surface area (Å²) >= 11 is 0. The van der Waals surface area contributed by atoms with E-state index in [-0.39, 0.29) is 17.9 Å². The van der Waals surface area contributed by atoms with Gasteiger partial charge >= 0.3 is 5.97 Å². The number of hydrogen-bond acceptors (Lipinski definition) is 4. The molecule has 0 spiro atoms. The lowest BCUT2D eigenvalue weighted by Crippen LogP contribution is -2.29. The number of nitrogens with one attached hydrogen (secondary N) is 1. The monoisotopic (exact) mass is 449 g/mol. The minimum Gasteiger partial charge on any atom is -0.491 e. The number of imidazole rings is 1. The Morgan fingerprint density at radius 3 is 2.58 bits per heavy atom. The molecule has 0 radical (unpaired) electrons. The van der Waals surface area contributed by atoms with Gasteiger partial charge in [-0.3, -0.25) is 4.79 Å². The van der Waals surface area contributed by atoms with E-state index in [1.807, 2.05) is 56.3 Å². The molecule has 0 bridgehead atoms. The number of carboxylic acids is 1. The molecule has 1 aliphatic rings. The minimum absolute atomic E-state index is 0.00360. The maximum absolute atomic E-state index is 11.2. The van der Waals surface area contributed by atoms with Crippen LogP contribution in [0.3, 0.4) is 0 Å². The molecule has 2 atom stereocenters. The molecule has 0 aliphatic heterocycles. The molecule has 1 saturated carbocycles. The van der Waals surface area contributed by atoms with E-state index in [2.05, 4.69) is 30.7 Å². The molecule has 6 nitrogen and oxygen atoms in total. The molecule has 2 aromatic carbocycles. The largest absolute Gasteiger partial charge is 0.491 e. The van der Waals surface area contributed by atoms with Crippen LogP contribution in [0.2, 0.25) is 0 Å². The van der Waals surface area contributed by atoms with Crippen molar-refractivity contribution in [2.75, 3.05) is 5.32 Å². The van der Waals surface area contributed by atoms with Crippen LogP contribution in [-0.4, -0.2) is 26.7 Å². The van der Waals surface area contributed by atoms with E-state index < -0.39 is 5.97 Å². The molecule has 6 heteroatoms. The fourth-order valence-electron chi connectivity index (χ4n) is 5.40. The van der Waals surface area contributed by atoms with Crippen LogP contribution < -0.4 is 10.1 Å². The predicted octanol–water partition coefficient (Wildman–Crippen LogP) is 6.58. The summed E-state index contributed by atoms with van der Waals surface area (Å²) in [6, 6.07) is 14.1. The van der Waals surface area contributed by atoms with Crippen LogP contribution in [0.15, 0.2) is 42.5 Å². The lowest BCUT2D eigenvalue weighted by atomic mass is 9.70. The fourth-order valence-corrected chi connectivity index (χ4v) is 5.40. The van der Waals surface area contributed by atoms with E-state index in [1.165, 1.54) is 6.42 Å². The Morgan fingerprint density at radius 2 is 1.94 bits per heavy atom. The minimum atomic E-state index is -0.835. The number of nitrogens with zero attached hydrogens (tertiary/aromatic N) is 2. The van der Waals surface area contributed by atoms with Crippen LogP contribution in [-0.2, 0) is 11.2 Å². The lowest BCUT2D eigenvalue weighted by molar-refractivity contribution is -0.136. The van der Waals surface area contributed by atoms with E-state index in [1.54, 1.807) is 0 Å². The SMILES string of the molecule is CC(C)Oc1ccc(Nc2nc3cc(CC(=O)O)ccc3n2[C@H]2C[C@@H](C)CC(C)(C)C2)cc1. The number of ether oxygens (including phenoxy) is 1. The molecule has 0 amide bonds. The van der Waals surface area contributed by atoms with Crippen molar-refractivity contribution >= 4 is 28.6 Å². The lowest BCUT2D eigenvalue weighted by Gasteiger charge is -2.40. The predicted molar refractivity (Wildman–Crippen MR) is 132 cm³/mol. The Hall–Kier alpha value is -3.02. The number of hydrogen-bond donors (Lipinski definition) is 2. The van der Waals surface area contributed by atoms with Crippen molar-refractivity contribution in [2.24, 2.45) is 11.3 Å². The zero-order valence-corrected chi connectivity index (χ0v) is 20.3. The number of carboxylic acid groups (broad SMARTS) is 1. The molecular weight excluding hydrogens is 414 g/mol. The van der Waals surface area contributed by atoms with E-state index >= 15 is 0 Å². The highest BCUT2D eigenvalue weighted by Crippen LogP contribution is 2.46.